The molecule has 0 bridgehead atoms. The molecule has 2 N–H and O–H groups in total. The molecule has 1 aliphatic heterocycles. The van der Waals surface area contributed by atoms with E-state index in [1.807, 2.05) is 13.8 Å². The lowest BCUT2D eigenvalue weighted by molar-refractivity contribution is -0.224. The zero-order valence-electron chi connectivity index (χ0n) is 12.9. The van der Waals surface area contributed by atoms with E-state index in [1.165, 1.54) is 0 Å². The highest BCUT2D eigenvalue weighted by atomic mass is 32.2. The molecule has 0 spiro atoms. The molecular weight excluding hydrogens is 292 g/mol. The number of rotatable bonds is 2. The third-order valence-corrected chi connectivity index (χ3v) is 7.17. The second-order valence-corrected chi connectivity index (χ2v) is 8.33. The van der Waals surface area contributed by atoms with Gasteiger partial charge in [-0.2, -0.15) is 4.21 Å². The normalized spacial score (nSPS) is 54.8. The standard InChI is InChI=1S/C15H26O5S/c1-9(8-16)10-4-6-14(2)11(17)5-7-15(3)13(14)12(10)19-21(18)20-15/h9-13,16-17H,4-8H2,1-3H3/t9-,10+,11-,12+,13?,14+,15-,21-/m1/s1. The van der Waals surface area contributed by atoms with E-state index in [9.17, 15) is 14.4 Å². The van der Waals surface area contributed by atoms with Gasteiger partial charge in [-0.25, -0.2) is 0 Å². The van der Waals surface area contributed by atoms with Crippen molar-refractivity contribution < 1.29 is 22.8 Å². The van der Waals surface area contributed by atoms with Gasteiger partial charge in [0, 0.05) is 17.9 Å². The summed E-state index contributed by atoms with van der Waals surface area (Å²) < 4.78 is 23.3. The molecule has 0 radical (unpaired) electrons. The molecule has 1 saturated heterocycles. The van der Waals surface area contributed by atoms with Crippen LogP contribution in [0.4, 0.5) is 0 Å². The van der Waals surface area contributed by atoms with Crippen LogP contribution in [0, 0.1) is 23.2 Å². The highest BCUT2D eigenvalue weighted by Gasteiger charge is 2.64. The molecule has 21 heavy (non-hydrogen) atoms. The summed E-state index contributed by atoms with van der Waals surface area (Å²) in [6.45, 7) is 6.21. The van der Waals surface area contributed by atoms with Crippen LogP contribution in [-0.2, 0) is 19.7 Å². The smallest absolute Gasteiger partial charge is 0.305 e. The van der Waals surface area contributed by atoms with Crippen molar-refractivity contribution in [1.82, 2.24) is 0 Å². The summed E-state index contributed by atoms with van der Waals surface area (Å²) in [5.74, 6) is 0.266. The molecule has 3 aliphatic rings. The predicted molar refractivity (Wildman–Crippen MR) is 78.3 cm³/mol. The molecule has 0 aromatic rings. The van der Waals surface area contributed by atoms with Crippen molar-refractivity contribution in [3.05, 3.63) is 0 Å². The summed E-state index contributed by atoms with van der Waals surface area (Å²) in [6, 6.07) is 0. The topological polar surface area (TPSA) is 76.0 Å². The van der Waals surface area contributed by atoms with Crippen LogP contribution in [0.1, 0.15) is 46.5 Å². The Morgan fingerprint density at radius 3 is 2.71 bits per heavy atom. The minimum atomic E-state index is -1.74. The van der Waals surface area contributed by atoms with E-state index in [2.05, 4.69) is 6.92 Å². The maximum absolute atomic E-state index is 12.0. The fraction of sp³-hybridized carbons (Fsp3) is 1.00. The van der Waals surface area contributed by atoms with Crippen LogP contribution in [0.2, 0.25) is 0 Å². The molecule has 0 amide bonds. The molecule has 3 fully saturated rings. The highest BCUT2D eigenvalue weighted by Crippen LogP contribution is 2.60. The van der Waals surface area contributed by atoms with E-state index in [-0.39, 0.29) is 42.0 Å². The molecule has 2 saturated carbocycles. The van der Waals surface area contributed by atoms with Crippen LogP contribution in [-0.4, -0.2) is 38.8 Å². The van der Waals surface area contributed by atoms with Crippen LogP contribution in [0.5, 0.6) is 0 Å². The van der Waals surface area contributed by atoms with Crippen molar-refractivity contribution in [3.63, 3.8) is 0 Å². The second-order valence-electron chi connectivity index (χ2n) is 7.56. The Hall–Kier alpha value is -0.0100. The Kier molecular flexibility index (Phi) is 3.98. The Bertz CT molecular complexity index is 444. The Labute approximate surface area is 128 Å². The zero-order chi connectivity index (χ0) is 15.4. The number of hydrogen-bond donors (Lipinski definition) is 2. The van der Waals surface area contributed by atoms with E-state index in [1.54, 1.807) is 0 Å². The predicted octanol–water partition coefficient (Wildman–Crippen LogP) is 1.55. The second kappa shape index (κ2) is 5.27. The average Bonchev–Trinajstić information content (AvgIpc) is 2.42. The van der Waals surface area contributed by atoms with E-state index >= 15 is 0 Å². The molecule has 1 heterocycles. The van der Waals surface area contributed by atoms with E-state index in [4.69, 9.17) is 8.37 Å². The first kappa shape index (κ1) is 15.9. The maximum atomic E-state index is 12.0. The molecule has 0 aromatic heterocycles. The first-order chi connectivity index (χ1) is 9.82. The van der Waals surface area contributed by atoms with E-state index < -0.39 is 17.0 Å². The fourth-order valence-corrected chi connectivity index (χ4v) is 5.95. The third-order valence-electron chi connectivity index (χ3n) is 6.28. The van der Waals surface area contributed by atoms with Gasteiger partial charge in [0.15, 0.2) is 0 Å². The molecule has 2 aliphatic carbocycles. The SMILES string of the molecule is C[C@H](CO)[C@@H]1CC[C@]2(C)C3[C@H]1O[S@@](=O)O[C@]3(C)CC[C@H]2O. The van der Waals surface area contributed by atoms with Crippen molar-refractivity contribution in [2.45, 2.75) is 64.3 Å². The fourth-order valence-electron chi connectivity index (χ4n) is 4.98. The number of aliphatic hydroxyl groups excluding tert-OH is 2. The van der Waals surface area contributed by atoms with Crippen molar-refractivity contribution in [3.8, 4) is 0 Å². The average molecular weight is 318 g/mol. The molecule has 0 aromatic carbocycles. The largest absolute Gasteiger partial charge is 0.396 e. The summed E-state index contributed by atoms with van der Waals surface area (Å²) in [7, 11) is 0. The molecule has 8 atom stereocenters. The molecule has 122 valence electrons. The molecule has 5 nitrogen and oxygen atoms in total. The van der Waals surface area contributed by atoms with Gasteiger partial charge in [-0.05, 0) is 44.4 Å². The summed E-state index contributed by atoms with van der Waals surface area (Å²) in [6.07, 6.45) is 2.54. The number of hydrogen-bond acceptors (Lipinski definition) is 5. The molecule has 1 unspecified atom stereocenters. The summed E-state index contributed by atoms with van der Waals surface area (Å²) in [5, 5.41) is 20.1. The van der Waals surface area contributed by atoms with Crippen LogP contribution in [0.3, 0.4) is 0 Å². The van der Waals surface area contributed by atoms with Crippen LogP contribution in [0.15, 0.2) is 0 Å². The van der Waals surface area contributed by atoms with Gasteiger partial charge in [-0.15, -0.1) is 0 Å². The van der Waals surface area contributed by atoms with Crippen molar-refractivity contribution in [2.75, 3.05) is 6.61 Å². The summed E-state index contributed by atoms with van der Waals surface area (Å²) in [5.41, 5.74) is -0.788. The third kappa shape index (κ3) is 2.30. The lowest BCUT2D eigenvalue weighted by Crippen LogP contribution is -2.67. The summed E-state index contributed by atoms with van der Waals surface area (Å²) in [4.78, 5) is 0. The lowest BCUT2D eigenvalue weighted by Gasteiger charge is -2.62. The van der Waals surface area contributed by atoms with Gasteiger partial charge < -0.3 is 10.2 Å². The van der Waals surface area contributed by atoms with Gasteiger partial charge in [-0.1, -0.05) is 13.8 Å². The molecular formula is C15H26O5S. The Morgan fingerprint density at radius 2 is 2.05 bits per heavy atom. The lowest BCUT2D eigenvalue weighted by atomic mass is 9.50. The first-order valence-corrected chi connectivity index (χ1v) is 8.89. The Morgan fingerprint density at radius 1 is 1.33 bits per heavy atom. The van der Waals surface area contributed by atoms with Crippen molar-refractivity contribution in [1.29, 1.82) is 0 Å². The van der Waals surface area contributed by atoms with Gasteiger partial charge in [0.1, 0.15) is 0 Å². The quantitative estimate of drug-likeness (QED) is 0.808. The van der Waals surface area contributed by atoms with Gasteiger partial charge in [0.05, 0.1) is 17.8 Å². The van der Waals surface area contributed by atoms with Gasteiger partial charge >= 0.3 is 11.4 Å². The van der Waals surface area contributed by atoms with Gasteiger partial charge in [0.2, 0.25) is 0 Å². The maximum Gasteiger partial charge on any atom is 0.305 e. The minimum absolute atomic E-state index is 0.0131. The van der Waals surface area contributed by atoms with E-state index in [0.29, 0.717) is 12.8 Å². The number of aliphatic hydroxyl groups is 2. The van der Waals surface area contributed by atoms with Crippen molar-refractivity contribution >= 4 is 11.4 Å². The Balaban J connectivity index is 2.01. The monoisotopic (exact) mass is 318 g/mol. The molecule has 6 heteroatoms. The van der Waals surface area contributed by atoms with Gasteiger partial charge in [0.25, 0.3) is 0 Å². The summed E-state index contributed by atoms with van der Waals surface area (Å²) >= 11 is -1.74. The van der Waals surface area contributed by atoms with Crippen LogP contribution in [0.25, 0.3) is 0 Å². The van der Waals surface area contributed by atoms with Crippen LogP contribution < -0.4 is 0 Å². The minimum Gasteiger partial charge on any atom is -0.396 e. The molecule has 3 rings (SSSR count). The van der Waals surface area contributed by atoms with Crippen LogP contribution >= 0.6 is 0 Å². The highest BCUT2D eigenvalue weighted by molar-refractivity contribution is 7.75. The first-order valence-electron chi connectivity index (χ1n) is 7.89. The van der Waals surface area contributed by atoms with E-state index in [0.717, 1.165) is 12.8 Å². The van der Waals surface area contributed by atoms with Crippen molar-refractivity contribution in [2.24, 2.45) is 23.2 Å². The van der Waals surface area contributed by atoms with Gasteiger partial charge in [-0.3, -0.25) is 8.37 Å². The zero-order valence-corrected chi connectivity index (χ0v) is 13.8.